The second kappa shape index (κ2) is 6.47. The molecule has 0 bridgehead atoms. The second-order valence-corrected chi connectivity index (χ2v) is 3.98. The van der Waals surface area contributed by atoms with Crippen LogP contribution in [0.25, 0.3) is 0 Å². The Morgan fingerprint density at radius 1 is 1.35 bits per heavy atom. The van der Waals surface area contributed by atoms with E-state index >= 15 is 0 Å². The lowest BCUT2D eigenvalue weighted by atomic mass is 10.0. The first-order valence-electron chi connectivity index (χ1n) is 4.99. The van der Waals surface area contributed by atoms with Crippen LogP contribution < -0.4 is 5.73 Å². The molecular formula is C11H14Cl2F3N. The van der Waals surface area contributed by atoms with Crippen molar-refractivity contribution in [2.75, 3.05) is 0 Å². The molecule has 1 nitrogen and oxygen atoms in total. The molecule has 0 unspecified atom stereocenters. The molecule has 6 heteroatoms. The lowest BCUT2D eigenvalue weighted by molar-refractivity contribution is -0.137. The van der Waals surface area contributed by atoms with Gasteiger partial charge in [-0.3, -0.25) is 0 Å². The smallest absolute Gasteiger partial charge is 0.324 e. The van der Waals surface area contributed by atoms with E-state index in [1.54, 1.807) is 0 Å². The van der Waals surface area contributed by atoms with Gasteiger partial charge in [-0.05, 0) is 18.1 Å². The highest BCUT2D eigenvalue weighted by molar-refractivity contribution is 6.32. The predicted octanol–water partition coefficient (Wildman–Crippen LogP) is 4.58. The first-order valence-corrected chi connectivity index (χ1v) is 5.37. The van der Waals surface area contributed by atoms with Gasteiger partial charge in [-0.25, -0.2) is 0 Å². The summed E-state index contributed by atoms with van der Waals surface area (Å²) < 4.78 is 37.7. The van der Waals surface area contributed by atoms with Crippen molar-refractivity contribution in [1.29, 1.82) is 0 Å². The average molecular weight is 288 g/mol. The first-order chi connectivity index (χ1) is 7.38. The quantitative estimate of drug-likeness (QED) is 0.865. The molecule has 1 aromatic rings. The molecule has 0 heterocycles. The van der Waals surface area contributed by atoms with Gasteiger partial charge in [0.05, 0.1) is 10.6 Å². The average Bonchev–Trinajstić information content (AvgIpc) is 2.16. The Labute approximate surface area is 110 Å². The zero-order valence-corrected chi connectivity index (χ0v) is 10.8. The fourth-order valence-corrected chi connectivity index (χ4v) is 1.89. The summed E-state index contributed by atoms with van der Waals surface area (Å²) >= 11 is 5.72. The molecule has 1 rings (SSSR count). The van der Waals surface area contributed by atoms with Gasteiger partial charge in [0.15, 0.2) is 0 Å². The van der Waals surface area contributed by atoms with Crippen LogP contribution in [-0.4, -0.2) is 0 Å². The van der Waals surface area contributed by atoms with Crippen LogP contribution in [0.2, 0.25) is 5.02 Å². The summed E-state index contributed by atoms with van der Waals surface area (Å²) in [6.45, 7) is 1.92. The van der Waals surface area contributed by atoms with E-state index in [0.29, 0.717) is 12.0 Å². The van der Waals surface area contributed by atoms with Crippen LogP contribution in [0.1, 0.15) is 36.9 Å². The summed E-state index contributed by atoms with van der Waals surface area (Å²) in [4.78, 5) is 0. The molecule has 0 aliphatic rings. The van der Waals surface area contributed by atoms with Crippen LogP contribution in [0.3, 0.4) is 0 Å². The van der Waals surface area contributed by atoms with Crippen molar-refractivity contribution in [3.05, 3.63) is 34.3 Å². The van der Waals surface area contributed by atoms with Gasteiger partial charge in [0, 0.05) is 6.04 Å². The molecule has 1 aromatic carbocycles. The Hall–Kier alpha value is -0.450. The molecular weight excluding hydrogens is 274 g/mol. The van der Waals surface area contributed by atoms with E-state index in [1.807, 2.05) is 6.92 Å². The molecule has 0 aliphatic carbocycles. The fourth-order valence-electron chi connectivity index (χ4n) is 1.52. The molecule has 0 spiro atoms. The third-order valence-electron chi connectivity index (χ3n) is 2.33. The lowest BCUT2D eigenvalue weighted by Gasteiger charge is -2.16. The molecule has 0 fully saturated rings. The summed E-state index contributed by atoms with van der Waals surface area (Å²) in [6.07, 6.45) is -3.02. The Bertz CT molecular complexity index is 366. The summed E-state index contributed by atoms with van der Waals surface area (Å²) in [5.74, 6) is 0. The van der Waals surface area contributed by atoms with Crippen LogP contribution >= 0.6 is 24.0 Å². The molecule has 1 atom stereocenters. The number of halogens is 5. The summed E-state index contributed by atoms with van der Waals surface area (Å²) in [6, 6.07) is 3.39. The van der Waals surface area contributed by atoms with Gasteiger partial charge in [0.2, 0.25) is 0 Å². The molecule has 0 aliphatic heterocycles. The number of hydrogen-bond donors (Lipinski definition) is 1. The Morgan fingerprint density at radius 2 is 1.94 bits per heavy atom. The number of nitrogens with two attached hydrogens (primary N) is 1. The molecule has 0 saturated carbocycles. The second-order valence-electron chi connectivity index (χ2n) is 3.60. The van der Waals surface area contributed by atoms with Crippen molar-refractivity contribution in [3.8, 4) is 0 Å². The zero-order chi connectivity index (χ0) is 12.3. The monoisotopic (exact) mass is 287 g/mol. The minimum Gasteiger partial charge on any atom is -0.324 e. The summed E-state index contributed by atoms with van der Waals surface area (Å²) in [5.41, 5.74) is 5.31. The normalized spacial score (nSPS) is 13.1. The molecule has 0 aromatic heterocycles. The Balaban J connectivity index is 0.00000256. The maximum atomic E-state index is 12.6. The number of benzene rings is 1. The maximum Gasteiger partial charge on any atom is 0.417 e. The SMILES string of the molecule is CCC[C@H](N)c1cccc(C(F)(F)F)c1Cl.Cl. The molecule has 0 radical (unpaired) electrons. The van der Waals surface area contributed by atoms with Gasteiger partial charge in [0.25, 0.3) is 0 Å². The van der Waals surface area contributed by atoms with Crippen molar-refractivity contribution >= 4 is 24.0 Å². The highest BCUT2D eigenvalue weighted by Crippen LogP contribution is 2.38. The van der Waals surface area contributed by atoms with E-state index in [0.717, 1.165) is 12.5 Å². The molecule has 17 heavy (non-hydrogen) atoms. The zero-order valence-electron chi connectivity index (χ0n) is 9.22. The topological polar surface area (TPSA) is 26.0 Å². The van der Waals surface area contributed by atoms with Crippen molar-refractivity contribution in [2.24, 2.45) is 5.73 Å². The van der Waals surface area contributed by atoms with Crippen LogP contribution in [0, 0.1) is 0 Å². The minimum atomic E-state index is -4.43. The van der Waals surface area contributed by atoms with Gasteiger partial charge >= 0.3 is 6.18 Å². The van der Waals surface area contributed by atoms with E-state index in [2.05, 4.69) is 0 Å². The number of alkyl halides is 3. The minimum absolute atomic E-state index is 0. The molecule has 2 N–H and O–H groups in total. The van der Waals surface area contributed by atoms with Gasteiger partial charge in [0.1, 0.15) is 0 Å². The third-order valence-corrected chi connectivity index (χ3v) is 2.75. The molecule has 98 valence electrons. The van der Waals surface area contributed by atoms with Gasteiger partial charge in [-0.1, -0.05) is 37.1 Å². The number of rotatable bonds is 3. The lowest BCUT2D eigenvalue weighted by Crippen LogP contribution is -2.13. The first kappa shape index (κ1) is 16.6. The van der Waals surface area contributed by atoms with E-state index in [1.165, 1.54) is 12.1 Å². The van der Waals surface area contributed by atoms with E-state index in [-0.39, 0.29) is 17.4 Å². The van der Waals surface area contributed by atoms with Gasteiger partial charge < -0.3 is 5.73 Å². The third kappa shape index (κ3) is 4.05. The van der Waals surface area contributed by atoms with E-state index in [9.17, 15) is 13.2 Å². The van der Waals surface area contributed by atoms with Crippen molar-refractivity contribution in [3.63, 3.8) is 0 Å². The van der Waals surface area contributed by atoms with Crippen molar-refractivity contribution in [1.82, 2.24) is 0 Å². The van der Waals surface area contributed by atoms with Gasteiger partial charge in [-0.2, -0.15) is 13.2 Å². The molecule has 0 amide bonds. The van der Waals surface area contributed by atoms with E-state index in [4.69, 9.17) is 17.3 Å². The fraction of sp³-hybridized carbons (Fsp3) is 0.455. The predicted molar refractivity (Wildman–Crippen MR) is 65.5 cm³/mol. The highest BCUT2D eigenvalue weighted by atomic mass is 35.5. The van der Waals surface area contributed by atoms with Crippen molar-refractivity contribution in [2.45, 2.75) is 32.0 Å². The van der Waals surface area contributed by atoms with Crippen LogP contribution in [0.15, 0.2) is 18.2 Å². The summed E-state index contributed by atoms with van der Waals surface area (Å²) in [7, 11) is 0. The largest absolute Gasteiger partial charge is 0.417 e. The van der Waals surface area contributed by atoms with E-state index < -0.39 is 17.8 Å². The van der Waals surface area contributed by atoms with Crippen LogP contribution in [0.4, 0.5) is 13.2 Å². The Kier molecular flexibility index (Phi) is 6.30. The number of hydrogen-bond acceptors (Lipinski definition) is 1. The summed E-state index contributed by atoms with van der Waals surface area (Å²) in [5, 5.41) is -0.282. The highest BCUT2D eigenvalue weighted by Gasteiger charge is 2.34. The maximum absolute atomic E-state index is 12.6. The standard InChI is InChI=1S/C11H13ClF3N.ClH/c1-2-4-9(16)7-5-3-6-8(10(7)12)11(13,14)15;/h3,5-6,9H,2,4,16H2,1H3;1H/t9-;/m0./s1. The van der Waals surface area contributed by atoms with Crippen LogP contribution in [0.5, 0.6) is 0 Å². The van der Waals surface area contributed by atoms with Crippen LogP contribution in [-0.2, 0) is 6.18 Å². The molecule has 0 saturated heterocycles. The Morgan fingerprint density at radius 3 is 2.41 bits per heavy atom. The van der Waals surface area contributed by atoms with Gasteiger partial charge in [-0.15, -0.1) is 12.4 Å². The van der Waals surface area contributed by atoms with Crippen molar-refractivity contribution < 1.29 is 13.2 Å².